The molecule has 1 aliphatic heterocycles. The van der Waals surface area contributed by atoms with Gasteiger partial charge < -0.3 is 20.1 Å². The Hall–Kier alpha value is -2.07. The van der Waals surface area contributed by atoms with Crippen molar-refractivity contribution in [2.45, 2.75) is 51.7 Å². The second kappa shape index (κ2) is 9.85. The van der Waals surface area contributed by atoms with Crippen molar-refractivity contribution in [1.82, 2.24) is 10.2 Å². The maximum absolute atomic E-state index is 12.3. The van der Waals surface area contributed by atoms with Gasteiger partial charge in [0.15, 0.2) is 0 Å². The van der Waals surface area contributed by atoms with Crippen LogP contribution in [0.2, 0.25) is 0 Å². The minimum absolute atomic E-state index is 0.0372. The van der Waals surface area contributed by atoms with Crippen molar-refractivity contribution in [1.29, 1.82) is 5.26 Å². The number of rotatable bonds is 8. The summed E-state index contributed by atoms with van der Waals surface area (Å²) in [5, 5.41) is 20.6. The molecule has 23 heavy (non-hydrogen) atoms. The number of amides is 1. The Labute approximate surface area is 136 Å². The number of hydrogen-bond donors (Lipinski definition) is 2. The minimum Gasteiger partial charge on any atom is -0.481 e. The van der Waals surface area contributed by atoms with E-state index in [0.29, 0.717) is 26.1 Å². The van der Waals surface area contributed by atoms with Gasteiger partial charge in [-0.25, -0.2) is 0 Å². The van der Waals surface area contributed by atoms with E-state index in [9.17, 15) is 9.59 Å². The molecule has 0 aliphatic carbocycles. The second-order valence-corrected chi connectivity index (χ2v) is 5.80. The fourth-order valence-corrected chi connectivity index (χ4v) is 2.51. The van der Waals surface area contributed by atoms with E-state index in [1.54, 1.807) is 4.90 Å². The predicted molar refractivity (Wildman–Crippen MR) is 84.4 cm³/mol. The average Bonchev–Trinajstić information content (AvgIpc) is 2.48. The summed E-state index contributed by atoms with van der Waals surface area (Å²) < 4.78 is 5.58. The number of nitrogens with one attached hydrogen (secondary N) is 1. The quantitative estimate of drug-likeness (QED) is 0.396. The largest absolute Gasteiger partial charge is 0.481 e. The molecule has 1 rings (SSSR count). The number of nitrogens with zero attached hydrogens (tertiary/aromatic N) is 2. The summed E-state index contributed by atoms with van der Waals surface area (Å²) in [5.74, 6) is -1.07. The molecular weight excluding hydrogens is 298 g/mol. The third kappa shape index (κ3) is 7.15. The lowest BCUT2D eigenvalue weighted by Gasteiger charge is -2.35. The number of morpholine rings is 1. The molecule has 0 aromatic rings. The summed E-state index contributed by atoms with van der Waals surface area (Å²) >= 11 is 0. The van der Waals surface area contributed by atoms with Crippen LogP contribution in [0.1, 0.15) is 39.5 Å². The van der Waals surface area contributed by atoms with Crippen LogP contribution in [-0.4, -0.2) is 53.7 Å². The fraction of sp³-hybridized carbons (Fsp3) is 0.688. The van der Waals surface area contributed by atoms with E-state index in [1.807, 2.05) is 19.9 Å². The van der Waals surface area contributed by atoms with Gasteiger partial charge in [0.2, 0.25) is 0 Å². The van der Waals surface area contributed by atoms with Gasteiger partial charge in [0.25, 0.3) is 5.91 Å². The Morgan fingerprint density at radius 2 is 1.96 bits per heavy atom. The van der Waals surface area contributed by atoms with Gasteiger partial charge in [-0.3, -0.25) is 9.59 Å². The number of hydrogen-bond acceptors (Lipinski definition) is 5. The van der Waals surface area contributed by atoms with Crippen LogP contribution < -0.4 is 5.32 Å². The molecule has 1 saturated heterocycles. The molecule has 0 bridgehead atoms. The number of carbonyl (C=O) groups excluding carboxylic acids is 1. The molecule has 1 aliphatic rings. The van der Waals surface area contributed by atoms with E-state index in [0.717, 1.165) is 12.8 Å². The summed E-state index contributed by atoms with van der Waals surface area (Å²) in [6.07, 6.45) is 3.77. The average molecular weight is 323 g/mol. The van der Waals surface area contributed by atoms with Gasteiger partial charge in [0.05, 0.1) is 12.2 Å². The van der Waals surface area contributed by atoms with Crippen LogP contribution in [0.4, 0.5) is 0 Å². The molecule has 1 amide bonds. The molecule has 0 aromatic heterocycles. The molecule has 2 atom stereocenters. The lowest BCUT2D eigenvalue weighted by atomic mass is 10.2. The highest BCUT2D eigenvalue weighted by molar-refractivity contribution is 5.97. The Bertz CT molecular complexity index is 474. The number of ether oxygens (including phenoxy) is 1. The lowest BCUT2D eigenvalue weighted by molar-refractivity contribution is -0.139. The Morgan fingerprint density at radius 3 is 2.52 bits per heavy atom. The van der Waals surface area contributed by atoms with Crippen LogP contribution in [0.5, 0.6) is 0 Å². The highest BCUT2D eigenvalue weighted by Gasteiger charge is 2.27. The van der Waals surface area contributed by atoms with Crippen molar-refractivity contribution in [2.24, 2.45) is 0 Å². The zero-order valence-electron chi connectivity index (χ0n) is 13.7. The summed E-state index contributed by atoms with van der Waals surface area (Å²) in [6, 6.07) is 1.93. The van der Waals surface area contributed by atoms with Gasteiger partial charge in [0.1, 0.15) is 11.6 Å². The maximum Gasteiger partial charge on any atom is 0.303 e. The fourth-order valence-electron chi connectivity index (χ4n) is 2.51. The Balaban J connectivity index is 2.38. The zero-order chi connectivity index (χ0) is 17.2. The van der Waals surface area contributed by atoms with Crippen molar-refractivity contribution in [3.05, 3.63) is 11.8 Å². The first kappa shape index (κ1) is 19.0. The molecule has 1 heterocycles. The molecule has 1 fully saturated rings. The van der Waals surface area contributed by atoms with Crippen molar-refractivity contribution >= 4 is 11.9 Å². The molecule has 0 aromatic carbocycles. The predicted octanol–water partition coefficient (Wildman–Crippen LogP) is 1.26. The SMILES string of the molecule is CC1CN(C(=O)/C(C#N)=C\NCCCCCC(=O)O)CC(C)O1. The van der Waals surface area contributed by atoms with Crippen LogP contribution >= 0.6 is 0 Å². The highest BCUT2D eigenvalue weighted by Crippen LogP contribution is 2.13. The molecule has 128 valence electrons. The van der Waals surface area contributed by atoms with Crippen molar-refractivity contribution in [3.63, 3.8) is 0 Å². The number of unbranched alkanes of at least 4 members (excludes halogenated alkanes) is 2. The number of carbonyl (C=O) groups is 2. The number of nitriles is 1. The maximum atomic E-state index is 12.3. The topological polar surface area (TPSA) is 103 Å². The van der Waals surface area contributed by atoms with Crippen LogP contribution in [-0.2, 0) is 14.3 Å². The molecule has 2 unspecified atom stereocenters. The van der Waals surface area contributed by atoms with Gasteiger partial charge in [-0.1, -0.05) is 6.42 Å². The number of aliphatic carboxylic acids is 1. The van der Waals surface area contributed by atoms with Crippen molar-refractivity contribution in [2.75, 3.05) is 19.6 Å². The standard InChI is InChI=1S/C16H25N3O4/c1-12-10-19(11-13(2)23-12)16(22)14(8-17)9-18-7-5-3-4-6-15(20)21/h9,12-13,18H,3-7,10-11H2,1-2H3,(H,20,21)/b14-9-. The molecule has 2 N–H and O–H groups in total. The molecular formula is C16H25N3O4. The first-order valence-electron chi connectivity index (χ1n) is 7.94. The first-order valence-corrected chi connectivity index (χ1v) is 7.94. The lowest BCUT2D eigenvalue weighted by Crippen LogP contribution is -2.48. The monoisotopic (exact) mass is 323 g/mol. The van der Waals surface area contributed by atoms with Crippen molar-refractivity contribution < 1.29 is 19.4 Å². The Kier molecular flexibility index (Phi) is 8.13. The van der Waals surface area contributed by atoms with E-state index in [1.165, 1.54) is 6.20 Å². The highest BCUT2D eigenvalue weighted by atomic mass is 16.5. The van der Waals surface area contributed by atoms with E-state index in [-0.39, 0.29) is 30.1 Å². The number of carboxylic acids is 1. The third-order valence-corrected chi connectivity index (χ3v) is 3.52. The molecule has 7 nitrogen and oxygen atoms in total. The molecule has 7 heteroatoms. The smallest absolute Gasteiger partial charge is 0.303 e. The normalized spacial score (nSPS) is 21.6. The van der Waals surface area contributed by atoms with E-state index >= 15 is 0 Å². The van der Waals surface area contributed by atoms with Crippen LogP contribution in [0, 0.1) is 11.3 Å². The van der Waals surface area contributed by atoms with Gasteiger partial charge >= 0.3 is 5.97 Å². The van der Waals surface area contributed by atoms with Gasteiger partial charge in [-0.2, -0.15) is 5.26 Å². The summed E-state index contributed by atoms with van der Waals surface area (Å²) in [6.45, 7) is 5.38. The van der Waals surface area contributed by atoms with E-state index < -0.39 is 5.97 Å². The Morgan fingerprint density at radius 1 is 1.30 bits per heavy atom. The van der Waals surface area contributed by atoms with E-state index in [4.69, 9.17) is 15.1 Å². The van der Waals surface area contributed by atoms with E-state index in [2.05, 4.69) is 5.32 Å². The van der Waals surface area contributed by atoms with Crippen LogP contribution in [0.25, 0.3) is 0 Å². The number of carboxylic acid groups (broad SMARTS) is 1. The van der Waals surface area contributed by atoms with Gasteiger partial charge in [0, 0.05) is 32.3 Å². The van der Waals surface area contributed by atoms with Crippen molar-refractivity contribution in [3.8, 4) is 6.07 Å². The minimum atomic E-state index is -0.788. The molecule has 0 spiro atoms. The van der Waals surface area contributed by atoms with Gasteiger partial charge in [-0.05, 0) is 26.7 Å². The van der Waals surface area contributed by atoms with Gasteiger partial charge in [-0.15, -0.1) is 0 Å². The second-order valence-electron chi connectivity index (χ2n) is 5.80. The third-order valence-electron chi connectivity index (χ3n) is 3.52. The summed E-state index contributed by atoms with van der Waals surface area (Å²) in [7, 11) is 0. The molecule has 0 saturated carbocycles. The van der Waals surface area contributed by atoms with Crippen LogP contribution in [0.15, 0.2) is 11.8 Å². The zero-order valence-corrected chi connectivity index (χ0v) is 13.7. The summed E-state index contributed by atoms with van der Waals surface area (Å²) in [4.78, 5) is 24.4. The summed E-state index contributed by atoms with van der Waals surface area (Å²) in [5.41, 5.74) is 0.0804. The molecule has 0 radical (unpaired) electrons. The van der Waals surface area contributed by atoms with Crippen LogP contribution in [0.3, 0.4) is 0 Å². The first-order chi connectivity index (χ1) is 10.9.